The van der Waals surface area contributed by atoms with Crippen LogP contribution in [0.1, 0.15) is 66.1 Å². The Balaban J connectivity index is 1.26. The number of benzene rings is 2. The van der Waals surface area contributed by atoms with Crippen molar-refractivity contribution in [2.24, 2.45) is 5.92 Å². The number of para-hydroxylation sites is 1. The zero-order valence-electron chi connectivity index (χ0n) is 28.0. The number of rotatable bonds is 8. The molecule has 0 spiro atoms. The summed E-state index contributed by atoms with van der Waals surface area (Å²) in [6.45, 7) is 2.00. The minimum atomic E-state index is -3.66. The van der Waals surface area contributed by atoms with Crippen LogP contribution in [0, 0.1) is 41.2 Å². The lowest BCUT2D eigenvalue weighted by molar-refractivity contribution is -0.123. The molecule has 2 aliphatic rings. The van der Waals surface area contributed by atoms with Crippen molar-refractivity contribution in [2.75, 3.05) is 0 Å². The molecule has 4 heterocycles. The number of alkyl halides is 4. The number of aromatic nitrogens is 5. The molecule has 1 amide bonds. The fraction of sp³-hybridized carbons (Fsp3) is 0.263. The Morgan fingerprint density at radius 1 is 1.11 bits per heavy atom. The molecule has 8 rings (SSSR count). The van der Waals surface area contributed by atoms with Crippen molar-refractivity contribution < 1.29 is 40.7 Å². The molecule has 0 saturated carbocycles. The predicted octanol–water partition coefficient (Wildman–Crippen LogP) is 7.48. The van der Waals surface area contributed by atoms with E-state index in [0.717, 1.165) is 12.1 Å². The molecular weight excluding hydrogens is 738 g/mol. The lowest BCUT2D eigenvalue weighted by Gasteiger charge is -2.24. The van der Waals surface area contributed by atoms with Gasteiger partial charge in [-0.05, 0) is 62.1 Å². The van der Waals surface area contributed by atoms with Gasteiger partial charge in [-0.3, -0.25) is 14.6 Å². The van der Waals surface area contributed by atoms with Crippen LogP contribution in [0.4, 0.5) is 26.3 Å². The minimum Gasteiger partial charge on any atom is -0.450 e. The topological polar surface area (TPSA) is 122 Å². The largest absolute Gasteiger partial charge is 0.450 e. The number of carbonyl (C=O) groups excluding carboxylic acids is 1. The fourth-order valence-electron chi connectivity index (χ4n) is 6.91. The van der Waals surface area contributed by atoms with Crippen LogP contribution in [-0.2, 0) is 23.7 Å². The number of aliphatic hydroxyl groups is 1. The second-order valence-corrected chi connectivity index (χ2v) is 13.9. The first-order valence-electron chi connectivity index (χ1n) is 16.4. The minimum absolute atomic E-state index is 0.0835. The van der Waals surface area contributed by atoms with E-state index in [2.05, 4.69) is 44.3 Å². The second-order valence-electron chi connectivity index (χ2n) is 13.5. The standard InChI is InChI=1S/C38H25ClF6N6O3/c1-37(2,53)11-10-20-6-7-21(22-4-3-5-24-30-33(54-32(22)24)35(39)49-48-30)29(46-20)26(14-17-12-18(40)15-19(41)13-17)47-27(52)16-51-34-28(31(50-51)36(42)43)23-8-9-25(23)38(34,44)45/h3-7,12-13,15,23,25-26,36,53H,14,16H2,1-2H3,(H,47,52)(H,48,49)/t23-,25+,26-/m0/s1. The Morgan fingerprint density at radius 2 is 1.87 bits per heavy atom. The normalized spacial score (nSPS) is 17.4. The number of nitrogens with zero attached hydrogens (tertiary/aromatic N) is 4. The van der Waals surface area contributed by atoms with Crippen LogP contribution < -0.4 is 5.32 Å². The third-order valence-corrected chi connectivity index (χ3v) is 9.41. The highest BCUT2D eigenvalue weighted by molar-refractivity contribution is 6.34. The second kappa shape index (κ2) is 12.7. The van der Waals surface area contributed by atoms with E-state index in [1.807, 2.05) is 0 Å². The molecule has 0 aliphatic heterocycles. The van der Waals surface area contributed by atoms with Gasteiger partial charge in [-0.1, -0.05) is 41.5 Å². The first-order valence-corrected chi connectivity index (χ1v) is 16.8. The van der Waals surface area contributed by atoms with Gasteiger partial charge in [0.15, 0.2) is 10.7 Å². The van der Waals surface area contributed by atoms with E-state index >= 15 is 8.78 Å². The van der Waals surface area contributed by atoms with Gasteiger partial charge in [0.2, 0.25) is 5.91 Å². The van der Waals surface area contributed by atoms with E-state index in [1.165, 1.54) is 13.8 Å². The van der Waals surface area contributed by atoms with Gasteiger partial charge in [0.1, 0.15) is 57.9 Å². The maximum absolute atomic E-state index is 15.5. The van der Waals surface area contributed by atoms with Gasteiger partial charge < -0.3 is 14.8 Å². The third kappa shape index (κ3) is 6.03. The number of halogens is 7. The van der Waals surface area contributed by atoms with Crippen LogP contribution >= 0.6 is 11.6 Å². The quantitative estimate of drug-likeness (QED) is 0.109. The first kappa shape index (κ1) is 35.3. The molecule has 3 N–H and O–H groups in total. The van der Waals surface area contributed by atoms with Gasteiger partial charge in [0.25, 0.3) is 6.43 Å². The van der Waals surface area contributed by atoms with Crippen molar-refractivity contribution in [1.82, 2.24) is 30.3 Å². The summed E-state index contributed by atoms with van der Waals surface area (Å²) in [5.74, 6) is 1.20. The molecule has 4 aromatic heterocycles. The van der Waals surface area contributed by atoms with Crippen molar-refractivity contribution in [3.05, 3.63) is 99.2 Å². The van der Waals surface area contributed by atoms with E-state index < -0.39 is 76.9 Å². The summed E-state index contributed by atoms with van der Waals surface area (Å²) in [7, 11) is 0. The van der Waals surface area contributed by atoms with Crippen molar-refractivity contribution in [3.8, 4) is 34.8 Å². The molecular formula is C38H25ClF6N6O3. The zero-order chi connectivity index (χ0) is 38.3. The molecule has 274 valence electrons. The summed E-state index contributed by atoms with van der Waals surface area (Å²) in [4.78, 5) is 18.6. The Kier molecular flexibility index (Phi) is 8.28. The van der Waals surface area contributed by atoms with Crippen LogP contribution in [0.5, 0.6) is 0 Å². The predicted molar refractivity (Wildman–Crippen MR) is 183 cm³/mol. The number of amides is 1. The molecule has 2 aliphatic carbocycles. The lowest BCUT2D eigenvalue weighted by atomic mass is 9.84. The van der Waals surface area contributed by atoms with Crippen LogP contribution in [-0.4, -0.2) is 41.6 Å². The average molecular weight is 763 g/mol. The maximum atomic E-state index is 15.5. The van der Waals surface area contributed by atoms with Crippen molar-refractivity contribution in [1.29, 1.82) is 0 Å². The summed E-state index contributed by atoms with van der Waals surface area (Å²) < 4.78 is 94.8. The summed E-state index contributed by atoms with van der Waals surface area (Å²) in [5, 5.41) is 24.3. The summed E-state index contributed by atoms with van der Waals surface area (Å²) in [6, 6.07) is 9.85. The molecule has 0 unspecified atom stereocenters. The molecule has 2 aromatic carbocycles. The monoisotopic (exact) mass is 762 g/mol. The highest BCUT2D eigenvalue weighted by Crippen LogP contribution is 2.57. The van der Waals surface area contributed by atoms with Crippen molar-refractivity contribution >= 4 is 39.6 Å². The molecule has 16 heteroatoms. The summed E-state index contributed by atoms with van der Waals surface area (Å²) in [6.07, 6.45) is -3.50. The molecule has 3 atom stereocenters. The highest BCUT2D eigenvalue weighted by atomic mass is 35.5. The average Bonchev–Trinajstić information content (AvgIpc) is 3.77. The van der Waals surface area contributed by atoms with E-state index in [4.69, 9.17) is 21.0 Å². The molecule has 0 bridgehead atoms. The van der Waals surface area contributed by atoms with Crippen LogP contribution in [0.3, 0.4) is 0 Å². The van der Waals surface area contributed by atoms with Crippen molar-refractivity contribution in [2.45, 2.75) is 56.7 Å². The van der Waals surface area contributed by atoms with Crippen LogP contribution in [0.2, 0.25) is 5.15 Å². The number of hydrogen-bond donors (Lipinski definition) is 3. The van der Waals surface area contributed by atoms with Gasteiger partial charge in [0, 0.05) is 28.1 Å². The van der Waals surface area contributed by atoms with Gasteiger partial charge in [-0.25, -0.2) is 22.5 Å². The Bertz CT molecular complexity index is 2640. The highest BCUT2D eigenvalue weighted by Gasteiger charge is 2.60. The molecule has 0 radical (unpaired) electrons. The lowest BCUT2D eigenvalue weighted by Crippen LogP contribution is -2.35. The number of aromatic amines is 1. The number of pyridine rings is 1. The first-order chi connectivity index (χ1) is 25.6. The van der Waals surface area contributed by atoms with Crippen LogP contribution in [0.25, 0.3) is 33.2 Å². The SMILES string of the molecule is CC(C)(O)C#Cc1ccc(-c2cccc3c2oc2c(Cl)[nH]nc23)c([C@H](Cc2cc(F)cc(F)c2)NC(=O)Cn2nc(C(F)F)c3c2C(F)(F)[C@@H]2C#C[C@H]32)n1. The number of carbonyl (C=O) groups is 1. The number of hydrogen-bond acceptors (Lipinski definition) is 6. The molecule has 0 saturated heterocycles. The number of fused-ring (bicyclic) bond motifs is 6. The Labute approximate surface area is 306 Å². The molecule has 6 aromatic rings. The van der Waals surface area contributed by atoms with Gasteiger partial charge in [0.05, 0.1) is 17.7 Å². The van der Waals surface area contributed by atoms with E-state index in [1.54, 1.807) is 30.3 Å². The van der Waals surface area contributed by atoms with Crippen molar-refractivity contribution in [3.63, 3.8) is 0 Å². The maximum Gasteiger partial charge on any atom is 0.304 e. The van der Waals surface area contributed by atoms with Gasteiger partial charge in [-0.15, -0.1) is 0 Å². The van der Waals surface area contributed by atoms with E-state index in [-0.39, 0.29) is 34.1 Å². The fourth-order valence-corrected chi connectivity index (χ4v) is 7.08. The number of nitrogens with one attached hydrogen (secondary N) is 2. The Hall–Kier alpha value is -5.77. The Morgan fingerprint density at radius 3 is 2.56 bits per heavy atom. The zero-order valence-corrected chi connectivity index (χ0v) is 28.8. The summed E-state index contributed by atoms with van der Waals surface area (Å²) >= 11 is 6.28. The molecule has 54 heavy (non-hydrogen) atoms. The number of H-pyrrole nitrogens is 1. The van der Waals surface area contributed by atoms with Gasteiger partial charge >= 0.3 is 5.92 Å². The van der Waals surface area contributed by atoms with Crippen LogP contribution in [0.15, 0.2) is 52.9 Å². The smallest absolute Gasteiger partial charge is 0.304 e. The molecule has 9 nitrogen and oxygen atoms in total. The molecule has 0 fully saturated rings. The van der Waals surface area contributed by atoms with E-state index in [0.29, 0.717) is 38.4 Å². The summed E-state index contributed by atoms with van der Waals surface area (Å²) in [5.41, 5.74) is -1.38. The number of furan rings is 1. The van der Waals surface area contributed by atoms with Gasteiger partial charge in [-0.2, -0.15) is 19.0 Å². The van der Waals surface area contributed by atoms with E-state index in [9.17, 15) is 27.5 Å². The third-order valence-electron chi connectivity index (χ3n) is 9.16.